The molecule has 4 heterocycles. The number of hydrogen-bond acceptors (Lipinski definition) is 12. The van der Waals surface area contributed by atoms with Gasteiger partial charge in [-0.05, 0) is 62.1 Å². The van der Waals surface area contributed by atoms with Crippen molar-refractivity contribution in [2.75, 3.05) is 0 Å². The Kier molecular flexibility index (Phi) is 13.3. The molecule has 63 heavy (non-hydrogen) atoms. The molecule has 0 bridgehead atoms. The number of hydrogen-bond donors (Lipinski definition) is 1. The van der Waals surface area contributed by atoms with Gasteiger partial charge in [-0.2, -0.15) is 26.3 Å². The summed E-state index contributed by atoms with van der Waals surface area (Å²) in [5.74, 6) is 0.986. The molecule has 2 aromatic carbocycles. The van der Waals surface area contributed by atoms with Gasteiger partial charge >= 0.3 is 34.8 Å². The van der Waals surface area contributed by atoms with E-state index in [9.17, 15) is 31.1 Å². The topological polar surface area (TPSA) is 168 Å². The first-order valence-corrected chi connectivity index (χ1v) is 20.7. The van der Waals surface area contributed by atoms with Crippen molar-refractivity contribution in [1.82, 2.24) is 20.3 Å². The molecule has 0 radical (unpaired) electrons. The van der Waals surface area contributed by atoms with E-state index in [0.29, 0.717) is 65.3 Å². The van der Waals surface area contributed by atoms with E-state index in [-0.39, 0.29) is 50.1 Å². The summed E-state index contributed by atoms with van der Waals surface area (Å²) in [5.41, 5.74) is -0.615. The Morgan fingerprint density at radius 1 is 0.698 bits per heavy atom. The van der Waals surface area contributed by atoms with Crippen LogP contribution in [0.5, 0.6) is 11.8 Å². The molecule has 0 atom stereocenters. The van der Waals surface area contributed by atoms with Crippen LogP contribution in [0.25, 0.3) is 22.5 Å². The Balaban J connectivity index is 0.00000117. The number of carbonyl (C=O) groups is 1. The van der Waals surface area contributed by atoms with E-state index in [2.05, 4.69) is 20.3 Å². The summed E-state index contributed by atoms with van der Waals surface area (Å²) in [4.78, 5) is 17.9. The van der Waals surface area contributed by atoms with E-state index < -0.39 is 50.7 Å². The minimum absolute atomic E-state index is 0. The number of alkyl halides is 6. The summed E-state index contributed by atoms with van der Waals surface area (Å²) >= 11 is 23.7. The Morgan fingerprint density at radius 3 is 1.46 bits per heavy atom. The van der Waals surface area contributed by atoms with Gasteiger partial charge < -0.3 is 23.6 Å². The summed E-state index contributed by atoms with van der Waals surface area (Å²) < 4.78 is 168. The molecule has 8 rings (SSSR count). The van der Waals surface area contributed by atoms with Crippen LogP contribution >= 0.6 is 46.4 Å². The number of ether oxygens (including phenoxy) is 2. The predicted molar refractivity (Wildman–Crippen MR) is 220 cm³/mol. The molecule has 0 aliphatic heterocycles. The van der Waals surface area contributed by atoms with Crippen LogP contribution in [0.2, 0.25) is 20.1 Å². The van der Waals surface area contributed by atoms with Gasteiger partial charge in [-0.25, -0.2) is 9.97 Å². The molecule has 0 spiro atoms. The quantitative estimate of drug-likeness (QED) is 0.0701. The van der Waals surface area contributed by atoms with E-state index in [1.807, 2.05) is 0 Å². The molecule has 0 unspecified atom stereocenters. The van der Waals surface area contributed by atoms with Gasteiger partial charge in [-0.1, -0.05) is 68.8 Å². The van der Waals surface area contributed by atoms with Gasteiger partial charge in [0.2, 0.25) is 11.8 Å². The average Bonchev–Trinajstić information content (AvgIpc) is 4.34. The summed E-state index contributed by atoms with van der Waals surface area (Å²) in [6.07, 6.45) is -5.77. The van der Waals surface area contributed by atoms with Crippen molar-refractivity contribution in [2.45, 2.75) is 69.7 Å². The van der Waals surface area contributed by atoms with Crippen LogP contribution in [0.4, 0.5) is 26.3 Å². The number of halogens is 10. The van der Waals surface area contributed by atoms with E-state index >= 15 is 0 Å². The number of nitrogens with zero attached hydrogens (tertiary/aromatic N) is 4. The van der Waals surface area contributed by atoms with Crippen LogP contribution in [0, 0.1) is 0 Å². The maximum absolute atomic E-state index is 13.2. The van der Waals surface area contributed by atoms with E-state index in [1.165, 1.54) is 12.1 Å². The first-order chi connectivity index (χ1) is 35.0. The Bertz CT molecular complexity index is 2650. The van der Waals surface area contributed by atoms with Crippen molar-refractivity contribution >= 4 is 52.7 Å². The molecule has 23 heteroatoms. The molecule has 345 valence electrons. The number of carbonyl (C=O) groups excluding carboxylic acids is 1. The standard InChI is InChI=1S/C20H15Cl2F3N2O3.C20H13Cl2F3N2O3.Mn.2O.6H2/c2*21-13-2-1-3-14(22)16(13)17-12(18(30-27-17)10-4-5-10)9-29-15-7-6-11(8-28)19(26-15)20(23,24)25;;;;;;;;;/h1-3,6-7,10,28H,4-5,8-9H2;1-3,6-8,10H,4-5,9H2;;;;6*1H/i;;;;;5*1+1D;1+1. The van der Waals surface area contributed by atoms with Gasteiger partial charge in [-0.3, -0.25) is 4.79 Å². The molecule has 4 aromatic heterocycles. The van der Waals surface area contributed by atoms with Crippen LogP contribution in [0.3, 0.4) is 0 Å². The first-order valence-electron chi connectivity index (χ1n) is 23.2. The number of aliphatic hydroxyl groups excluding tert-OH is 1. The second-order valence-corrected chi connectivity index (χ2v) is 15.5. The van der Waals surface area contributed by atoms with Crippen molar-refractivity contribution in [2.24, 2.45) is 0 Å². The summed E-state index contributed by atoms with van der Waals surface area (Å²) in [6.45, 7) is -1.07. The Labute approximate surface area is 395 Å². The number of benzene rings is 2. The SMILES string of the molecule is O=Cc1ccc(OCc2c(-c3c(Cl)cccc3Cl)noc2C2CC2)nc1C(F)(F)F.OCc1ccc(OCc2c(-c3c(Cl)cccc3Cl)noc2C2CC2)nc1C(F)(F)F.[2HH].[2H][2H].[2H][2H].[2H][2H].[2H][2H].[2H][2H].[O]=[Mn]=[O]. The Hall–Kier alpha value is -4.75. The van der Waals surface area contributed by atoms with Crippen LogP contribution < -0.4 is 9.47 Å². The van der Waals surface area contributed by atoms with Crippen LogP contribution in [0.15, 0.2) is 69.7 Å². The van der Waals surface area contributed by atoms with Gasteiger partial charge in [0.1, 0.15) is 36.1 Å². The third-order valence-corrected chi connectivity index (χ3v) is 10.6. The monoisotopic (exact) mass is 1020 g/mol. The van der Waals surface area contributed by atoms with E-state index in [1.54, 1.807) is 36.4 Å². The van der Waals surface area contributed by atoms with E-state index in [4.69, 9.17) is 92.5 Å². The fraction of sp³-hybridized carbons (Fsp3) is 0.275. The second kappa shape index (κ2) is 20.4. The minimum atomic E-state index is -4.79. The molecule has 1 N–H and O–H groups in total. The fourth-order valence-electron chi connectivity index (χ4n) is 6.17. The third kappa shape index (κ3) is 11.5. The average molecular weight is 1030 g/mol. The zero-order valence-corrected chi connectivity index (χ0v) is 35.9. The van der Waals surface area contributed by atoms with E-state index in [0.717, 1.165) is 37.8 Å². The summed E-state index contributed by atoms with van der Waals surface area (Å²) in [6, 6.07) is 14.6. The first kappa shape index (κ1) is 41.0. The molecule has 2 fully saturated rings. The molecular weight excluding hydrogens is 975 g/mol. The molecule has 2 saturated carbocycles. The van der Waals surface area contributed by atoms with Crippen molar-refractivity contribution in [3.05, 3.63) is 126 Å². The zero-order valence-electron chi connectivity index (χ0n) is 41.7. The Morgan fingerprint density at radius 2 is 1.10 bits per heavy atom. The van der Waals surface area contributed by atoms with Crippen LogP contribution in [0.1, 0.15) is 104 Å². The molecule has 2 aliphatic rings. The normalized spacial score (nSPS) is 14.3. The van der Waals surface area contributed by atoms with Gasteiger partial charge in [0.25, 0.3) is 0 Å². The number of rotatable bonds is 12. The molecule has 0 amide bonds. The van der Waals surface area contributed by atoms with Gasteiger partial charge in [0.15, 0.2) is 17.7 Å². The number of pyridine rings is 2. The van der Waals surface area contributed by atoms with Crippen molar-refractivity contribution in [1.29, 1.82) is 0 Å². The van der Waals surface area contributed by atoms with Crippen LogP contribution in [-0.2, 0) is 54.7 Å². The molecular formula is C40H40Cl4F6MnN4O8. The van der Waals surface area contributed by atoms with Crippen molar-refractivity contribution in [3.8, 4) is 34.3 Å². The second-order valence-electron chi connectivity index (χ2n) is 13.6. The number of aliphatic hydroxyl groups is 1. The van der Waals surface area contributed by atoms with Crippen LogP contribution in [-0.4, -0.2) is 31.7 Å². The predicted octanol–water partition coefficient (Wildman–Crippen LogP) is 13.6. The fourth-order valence-corrected chi connectivity index (χ4v) is 7.32. The maximum atomic E-state index is 13.2. The number of aromatic nitrogens is 4. The summed E-state index contributed by atoms with van der Waals surface area (Å²) in [5, 5.41) is 18.8. The van der Waals surface area contributed by atoms with Crippen molar-refractivity contribution in [3.63, 3.8) is 0 Å². The molecule has 0 saturated heterocycles. The summed E-state index contributed by atoms with van der Waals surface area (Å²) in [7, 11) is 0. The van der Waals surface area contributed by atoms with Gasteiger partial charge in [0, 0.05) is 62.5 Å². The molecule has 12 nitrogen and oxygen atoms in total. The number of aldehydes is 1. The third-order valence-electron chi connectivity index (χ3n) is 9.35. The van der Waals surface area contributed by atoms with Gasteiger partial charge in [-0.15, -0.1) is 0 Å². The zero-order chi connectivity index (χ0) is 55.6. The van der Waals surface area contributed by atoms with Gasteiger partial charge in [0.05, 0.1) is 37.8 Å². The molecule has 2 aliphatic carbocycles. The molecule has 6 aromatic rings. The van der Waals surface area contributed by atoms with Crippen molar-refractivity contribution < 1.29 is 93.5 Å².